The van der Waals surface area contributed by atoms with Crippen molar-refractivity contribution < 1.29 is 9.53 Å². The summed E-state index contributed by atoms with van der Waals surface area (Å²) in [6, 6.07) is 7.82. The molecule has 0 radical (unpaired) electrons. The van der Waals surface area contributed by atoms with Crippen LogP contribution < -0.4 is 10.5 Å². The van der Waals surface area contributed by atoms with Crippen LogP contribution in [0.15, 0.2) is 24.3 Å². The van der Waals surface area contributed by atoms with Crippen molar-refractivity contribution >= 4 is 18.3 Å². The summed E-state index contributed by atoms with van der Waals surface area (Å²) in [4.78, 5) is 12.7. The Balaban J connectivity index is 0.00000256. The molecule has 0 aliphatic carbocycles. The van der Waals surface area contributed by atoms with Gasteiger partial charge in [0.1, 0.15) is 12.4 Å². The Morgan fingerprint density at radius 3 is 2.76 bits per heavy atom. The molecule has 1 rings (SSSR count). The number of rotatable bonds is 5. The highest BCUT2D eigenvalue weighted by molar-refractivity contribution is 5.85. The zero-order valence-corrected chi connectivity index (χ0v) is 11.0. The predicted octanol–water partition coefficient (Wildman–Crippen LogP) is 1.21. The zero-order chi connectivity index (χ0) is 12.0. The molecule has 0 spiro atoms. The summed E-state index contributed by atoms with van der Waals surface area (Å²) in [7, 11) is 1.72. The first kappa shape index (κ1) is 15.7. The highest BCUT2D eigenvalue weighted by Gasteiger charge is 2.05. The third-order valence-corrected chi connectivity index (χ3v) is 2.29. The second-order valence-corrected chi connectivity index (χ2v) is 3.68. The third kappa shape index (κ3) is 5.56. The first-order valence-corrected chi connectivity index (χ1v) is 5.27. The maximum Gasteiger partial charge on any atom is 0.236 e. The number of nitrogens with zero attached hydrogens (tertiary/aromatic N) is 1. The lowest BCUT2D eigenvalue weighted by atomic mass is 10.2. The van der Waals surface area contributed by atoms with Gasteiger partial charge in [-0.25, -0.2) is 0 Å². The van der Waals surface area contributed by atoms with Crippen LogP contribution in [0.25, 0.3) is 0 Å². The van der Waals surface area contributed by atoms with Crippen molar-refractivity contribution in [2.75, 3.05) is 26.7 Å². The Morgan fingerprint density at radius 2 is 2.18 bits per heavy atom. The quantitative estimate of drug-likeness (QED) is 0.864. The molecule has 1 amide bonds. The van der Waals surface area contributed by atoms with Gasteiger partial charge < -0.3 is 15.4 Å². The first-order chi connectivity index (χ1) is 7.63. The Morgan fingerprint density at radius 1 is 1.47 bits per heavy atom. The van der Waals surface area contributed by atoms with Crippen LogP contribution in [0.2, 0.25) is 0 Å². The molecular formula is C12H19ClN2O2. The van der Waals surface area contributed by atoms with E-state index in [1.165, 1.54) is 0 Å². The molecule has 0 unspecified atom stereocenters. The second kappa shape index (κ2) is 7.92. The van der Waals surface area contributed by atoms with E-state index in [4.69, 9.17) is 10.5 Å². The predicted molar refractivity (Wildman–Crippen MR) is 70.6 cm³/mol. The molecule has 0 atom stereocenters. The molecule has 4 nitrogen and oxygen atoms in total. The minimum atomic E-state index is -0.0761. The maximum absolute atomic E-state index is 11.2. The lowest BCUT2D eigenvalue weighted by molar-refractivity contribution is -0.128. The van der Waals surface area contributed by atoms with Crippen LogP contribution in [0.5, 0.6) is 5.75 Å². The summed E-state index contributed by atoms with van der Waals surface area (Å²) in [5.74, 6) is 0.751. The van der Waals surface area contributed by atoms with Crippen LogP contribution >= 0.6 is 12.4 Å². The number of halogens is 1. The monoisotopic (exact) mass is 258 g/mol. The molecule has 17 heavy (non-hydrogen) atoms. The average Bonchev–Trinajstić information content (AvgIpc) is 2.28. The number of aryl methyl sites for hydroxylation is 1. The molecule has 0 aliphatic rings. The van der Waals surface area contributed by atoms with Crippen molar-refractivity contribution in [3.8, 4) is 5.75 Å². The molecule has 0 fully saturated rings. The van der Waals surface area contributed by atoms with Gasteiger partial charge in [-0.05, 0) is 24.6 Å². The van der Waals surface area contributed by atoms with E-state index in [0.717, 1.165) is 11.3 Å². The third-order valence-electron chi connectivity index (χ3n) is 2.29. The van der Waals surface area contributed by atoms with Gasteiger partial charge in [-0.3, -0.25) is 4.79 Å². The molecule has 96 valence electrons. The molecule has 1 aromatic rings. The molecule has 0 saturated carbocycles. The van der Waals surface area contributed by atoms with E-state index >= 15 is 0 Å². The normalized spacial score (nSPS) is 9.35. The van der Waals surface area contributed by atoms with E-state index in [-0.39, 0.29) is 24.9 Å². The molecule has 0 bridgehead atoms. The van der Waals surface area contributed by atoms with Crippen LogP contribution in [0.3, 0.4) is 0 Å². The van der Waals surface area contributed by atoms with E-state index in [0.29, 0.717) is 13.2 Å². The number of carbonyl (C=O) groups excluding carboxylic acids is 1. The van der Waals surface area contributed by atoms with Gasteiger partial charge in [0, 0.05) is 7.05 Å². The minimum absolute atomic E-state index is 0. The van der Waals surface area contributed by atoms with Gasteiger partial charge in [-0.1, -0.05) is 12.1 Å². The zero-order valence-electron chi connectivity index (χ0n) is 10.2. The second-order valence-electron chi connectivity index (χ2n) is 3.68. The van der Waals surface area contributed by atoms with Crippen molar-refractivity contribution in [1.82, 2.24) is 4.90 Å². The van der Waals surface area contributed by atoms with Gasteiger partial charge in [0.25, 0.3) is 0 Å². The van der Waals surface area contributed by atoms with Crippen molar-refractivity contribution in [3.05, 3.63) is 29.8 Å². The summed E-state index contributed by atoms with van der Waals surface area (Å²) in [5.41, 5.74) is 6.40. The van der Waals surface area contributed by atoms with Gasteiger partial charge in [0.15, 0.2) is 0 Å². The van der Waals surface area contributed by atoms with E-state index in [1.54, 1.807) is 11.9 Å². The largest absolute Gasteiger partial charge is 0.492 e. The summed E-state index contributed by atoms with van der Waals surface area (Å²) in [6.45, 7) is 3.08. The van der Waals surface area contributed by atoms with Crippen LogP contribution in [0.4, 0.5) is 0 Å². The number of benzene rings is 1. The number of likely N-dealkylation sites (N-methyl/N-ethyl adjacent to an activating group) is 1. The van der Waals surface area contributed by atoms with E-state index < -0.39 is 0 Å². The van der Waals surface area contributed by atoms with Gasteiger partial charge in [-0.2, -0.15) is 0 Å². The Hall–Kier alpha value is -1.26. The lowest BCUT2D eigenvalue weighted by Gasteiger charge is -2.16. The highest BCUT2D eigenvalue weighted by Crippen LogP contribution is 2.11. The molecule has 0 aliphatic heterocycles. The van der Waals surface area contributed by atoms with Gasteiger partial charge in [-0.15, -0.1) is 12.4 Å². The van der Waals surface area contributed by atoms with Crippen LogP contribution in [-0.2, 0) is 4.79 Å². The number of ether oxygens (including phenoxy) is 1. The number of hydrogen-bond donors (Lipinski definition) is 1. The number of nitrogens with two attached hydrogens (primary N) is 1. The molecule has 0 aromatic heterocycles. The lowest BCUT2D eigenvalue weighted by Crippen LogP contribution is -2.35. The van der Waals surface area contributed by atoms with E-state index in [1.807, 2.05) is 31.2 Å². The molecule has 0 saturated heterocycles. The highest BCUT2D eigenvalue weighted by atomic mass is 35.5. The van der Waals surface area contributed by atoms with Crippen molar-refractivity contribution in [2.24, 2.45) is 5.73 Å². The molecular weight excluding hydrogens is 240 g/mol. The summed E-state index contributed by atoms with van der Waals surface area (Å²) >= 11 is 0. The van der Waals surface area contributed by atoms with Crippen molar-refractivity contribution in [1.29, 1.82) is 0 Å². The Labute approximate surface area is 108 Å². The Kier molecular flexibility index (Phi) is 7.34. The Bertz CT molecular complexity index is 358. The van der Waals surface area contributed by atoms with E-state index in [2.05, 4.69) is 0 Å². The molecule has 0 heterocycles. The van der Waals surface area contributed by atoms with Crippen molar-refractivity contribution in [3.63, 3.8) is 0 Å². The van der Waals surface area contributed by atoms with Crippen molar-refractivity contribution in [2.45, 2.75) is 6.92 Å². The van der Waals surface area contributed by atoms with Gasteiger partial charge in [0.2, 0.25) is 5.91 Å². The number of carbonyl (C=O) groups is 1. The minimum Gasteiger partial charge on any atom is -0.492 e. The standard InChI is InChI=1S/C12H18N2O2.ClH/c1-10-4-3-5-11(8-10)16-7-6-14(2)12(15)9-13;/h3-5,8H,6-7,9,13H2,1-2H3;1H. The smallest absolute Gasteiger partial charge is 0.236 e. The topological polar surface area (TPSA) is 55.6 Å². The fraction of sp³-hybridized carbons (Fsp3) is 0.417. The van der Waals surface area contributed by atoms with Gasteiger partial charge >= 0.3 is 0 Å². The summed E-state index contributed by atoms with van der Waals surface area (Å²) in [6.07, 6.45) is 0. The van der Waals surface area contributed by atoms with Crippen LogP contribution in [-0.4, -0.2) is 37.6 Å². The first-order valence-electron chi connectivity index (χ1n) is 5.27. The van der Waals surface area contributed by atoms with Gasteiger partial charge in [0.05, 0.1) is 13.1 Å². The summed E-state index contributed by atoms with van der Waals surface area (Å²) < 4.78 is 5.52. The van der Waals surface area contributed by atoms with E-state index in [9.17, 15) is 4.79 Å². The number of amides is 1. The summed E-state index contributed by atoms with van der Waals surface area (Å²) in [5, 5.41) is 0. The SMILES string of the molecule is Cc1cccc(OCCN(C)C(=O)CN)c1.Cl. The molecule has 5 heteroatoms. The fourth-order valence-electron chi connectivity index (χ4n) is 1.29. The maximum atomic E-state index is 11.2. The van der Waals surface area contributed by atoms with Crippen LogP contribution in [0, 0.1) is 6.92 Å². The van der Waals surface area contributed by atoms with Crippen LogP contribution in [0.1, 0.15) is 5.56 Å². The number of hydrogen-bond acceptors (Lipinski definition) is 3. The molecule has 2 N–H and O–H groups in total. The fourth-order valence-corrected chi connectivity index (χ4v) is 1.29. The average molecular weight is 259 g/mol. The molecule has 1 aromatic carbocycles.